The maximum atomic E-state index is 13.5. The summed E-state index contributed by atoms with van der Waals surface area (Å²) in [6.45, 7) is 4.93. The highest BCUT2D eigenvalue weighted by Crippen LogP contribution is 2.41. The van der Waals surface area contributed by atoms with Gasteiger partial charge in [-0.3, -0.25) is 14.7 Å². The van der Waals surface area contributed by atoms with Crippen molar-refractivity contribution in [2.45, 2.75) is 90.3 Å². The van der Waals surface area contributed by atoms with Crippen molar-refractivity contribution < 1.29 is 45.2 Å². The van der Waals surface area contributed by atoms with Crippen LogP contribution < -0.4 is 0 Å². The Hall–Kier alpha value is -4.60. The SMILES string of the molecule is Cc1noc(C)c1-c1cnc(CC2CCCCC2)c(CN2C(=O)O[C@H](c3cc(C(F)(F)F)cc(C(F)(F)F)c3)[C@@H]2C)n1.O=Cc1nccnc1Cl. The molecule has 1 aromatic carbocycles. The van der Waals surface area contributed by atoms with Gasteiger partial charge in [-0.15, -0.1) is 0 Å². The summed E-state index contributed by atoms with van der Waals surface area (Å²) in [4.78, 5) is 41.1. The van der Waals surface area contributed by atoms with Crippen LogP contribution in [0.1, 0.15) is 95.2 Å². The third-order valence-electron chi connectivity index (χ3n) is 8.87. The lowest BCUT2D eigenvalue weighted by molar-refractivity contribution is -0.143. The number of carbonyl (C=O) groups is 2. The van der Waals surface area contributed by atoms with Gasteiger partial charge < -0.3 is 9.26 Å². The Morgan fingerprint density at radius 1 is 0.941 bits per heavy atom. The summed E-state index contributed by atoms with van der Waals surface area (Å²) in [7, 11) is 0. The predicted octanol–water partition coefficient (Wildman–Crippen LogP) is 8.93. The number of amides is 1. The van der Waals surface area contributed by atoms with Gasteiger partial charge in [0.25, 0.3) is 0 Å². The molecule has 6 rings (SSSR count). The van der Waals surface area contributed by atoms with E-state index in [1.165, 1.54) is 30.6 Å². The Kier molecular flexibility index (Phi) is 11.3. The first kappa shape index (κ1) is 37.7. The van der Waals surface area contributed by atoms with Crippen molar-refractivity contribution in [3.63, 3.8) is 0 Å². The number of aldehydes is 1. The zero-order chi connectivity index (χ0) is 37.1. The molecule has 0 bridgehead atoms. The lowest BCUT2D eigenvalue weighted by atomic mass is 9.85. The van der Waals surface area contributed by atoms with Crippen molar-refractivity contribution in [1.82, 2.24) is 30.0 Å². The molecule has 0 unspecified atom stereocenters. The van der Waals surface area contributed by atoms with E-state index in [-0.39, 0.29) is 23.5 Å². The minimum atomic E-state index is -5.02. The fourth-order valence-electron chi connectivity index (χ4n) is 6.26. The van der Waals surface area contributed by atoms with Crippen molar-refractivity contribution in [2.24, 2.45) is 5.92 Å². The van der Waals surface area contributed by atoms with E-state index < -0.39 is 47.3 Å². The number of aromatic nitrogens is 5. The Labute approximate surface area is 293 Å². The van der Waals surface area contributed by atoms with E-state index in [4.69, 9.17) is 30.8 Å². The van der Waals surface area contributed by atoms with E-state index in [1.54, 1.807) is 20.0 Å². The fraction of sp³-hybridized carbons (Fsp3) is 0.441. The van der Waals surface area contributed by atoms with Crippen molar-refractivity contribution >= 4 is 24.0 Å². The topological polar surface area (TPSA) is 124 Å². The van der Waals surface area contributed by atoms with Gasteiger partial charge in [-0.05, 0) is 56.9 Å². The van der Waals surface area contributed by atoms with Gasteiger partial charge in [-0.1, -0.05) is 48.9 Å². The number of nitrogens with zero attached hydrogens (tertiary/aromatic N) is 6. The van der Waals surface area contributed by atoms with Crippen LogP contribution in [-0.2, 0) is 30.1 Å². The molecular formula is C34H33ClF6N6O4. The van der Waals surface area contributed by atoms with Gasteiger partial charge in [0.05, 0.1) is 58.2 Å². The van der Waals surface area contributed by atoms with Crippen molar-refractivity contribution in [3.8, 4) is 11.3 Å². The van der Waals surface area contributed by atoms with E-state index in [0.29, 0.717) is 64.9 Å². The summed E-state index contributed by atoms with van der Waals surface area (Å²) in [5.41, 5.74) is -0.250. The second-order valence-corrected chi connectivity index (χ2v) is 12.8. The van der Waals surface area contributed by atoms with Gasteiger partial charge in [0.1, 0.15) is 17.6 Å². The molecule has 3 aromatic heterocycles. The van der Waals surface area contributed by atoms with Gasteiger partial charge in [0.2, 0.25) is 0 Å². The van der Waals surface area contributed by atoms with Crippen LogP contribution in [-0.4, -0.2) is 48.4 Å². The number of hydrogen-bond donors (Lipinski definition) is 0. The number of benzene rings is 1. The van der Waals surface area contributed by atoms with Crippen molar-refractivity contribution in [2.75, 3.05) is 0 Å². The third kappa shape index (κ3) is 8.83. The first-order chi connectivity index (χ1) is 24.1. The number of alkyl halides is 6. The molecule has 0 N–H and O–H groups in total. The number of ether oxygens (including phenoxy) is 1. The molecule has 2 fully saturated rings. The molecule has 1 aliphatic heterocycles. The minimum Gasteiger partial charge on any atom is -0.439 e. The molecule has 0 radical (unpaired) electrons. The van der Waals surface area contributed by atoms with Crippen LogP contribution in [0.25, 0.3) is 11.3 Å². The molecule has 1 aliphatic carbocycles. The molecule has 272 valence electrons. The molecular weight excluding hydrogens is 706 g/mol. The van der Waals surface area contributed by atoms with E-state index >= 15 is 0 Å². The molecule has 1 amide bonds. The maximum absolute atomic E-state index is 13.5. The highest BCUT2D eigenvalue weighted by molar-refractivity contribution is 6.31. The van der Waals surface area contributed by atoms with Crippen LogP contribution in [0.2, 0.25) is 5.15 Å². The first-order valence-corrected chi connectivity index (χ1v) is 16.4. The largest absolute Gasteiger partial charge is 0.439 e. The molecule has 1 saturated heterocycles. The molecule has 4 heterocycles. The zero-order valence-electron chi connectivity index (χ0n) is 27.7. The lowest BCUT2D eigenvalue weighted by Gasteiger charge is -2.25. The zero-order valence-corrected chi connectivity index (χ0v) is 28.4. The van der Waals surface area contributed by atoms with Crippen molar-refractivity contribution in [1.29, 1.82) is 0 Å². The molecule has 2 atom stereocenters. The van der Waals surface area contributed by atoms with Gasteiger partial charge in [0.15, 0.2) is 11.4 Å². The lowest BCUT2D eigenvalue weighted by Crippen LogP contribution is -2.32. The predicted molar refractivity (Wildman–Crippen MR) is 170 cm³/mol. The third-order valence-corrected chi connectivity index (χ3v) is 9.16. The Bertz CT molecular complexity index is 1830. The molecule has 51 heavy (non-hydrogen) atoms. The molecule has 2 aliphatic rings. The van der Waals surface area contributed by atoms with E-state index in [0.717, 1.165) is 25.7 Å². The van der Waals surface area contributed by atoms with Gasteiger partial charge >= 0.3 is 18.4 Å². The first-order valence-electron chi connectivity index (χ1n) is 16.0. The summed E-state index contributed by atoms with van der Waals surface area (Å²) < 4.78 is 91.6. The maximum Gasteiger partial charge on any atom is 0.416 e. The normalized spacial score (nSPS) is 18.3. The van der Waals surface area contributed by atoms with Crippen LogP contribution in [0.5, 0.6) is 0 Å². The second kappa shape index (κ2) is 15.3. The number of cyclic esters (lactones) is 1. The van der Waals surface area contributed by atoms with Crippen LogP contribution in [0, 0.1) is 19.8 Å². The van der Waals surface area contributed by atoms with Crippen LogP contribution in [0.4, 0.5) is 31.1 Å². The summed E-state index contributed by atoms with van der Waals surface area (Å²) in [6, 6.07) is 0.351. The summed E-state index contributed by atoms with van der Waals surface area (Å²) in [6.07, 6.45) is -1.15. The van der Waals surface area contributed by atoms with E-state index in [1.807, 2.05) is 0 Å². The highest BCUT2D eigenvalue weighted by atomic mass is 35.5. The minimum absolute atomic E-state index is 0.0516. The van der Waals surface area contributed by atoms with E-state index in [2.05, 4.69) is 15.1 Å². The molecule has 0 spiro atoms. The summed E-state index contributed by atoms with van der Waals surface area (Å²) in [5, 5.41) is 4.12. The average Bonchev–Trinajstić information content (AvgIpc) is 3.57. The highest BCUT2D eigenvalue weighted by Gasteiger charge is 2.43. The smallest absolute Gasteiger partial charge is 0.416 e. The van der Waals surface area contributed by atoms with Crippen LogP contribution in [0.3, 0.4) is 0 Å². The average molecular weight is 739 g/mol. The number of halogens is 7. The Morgan fingerprint density at radius 3 is 2.14 bits per heavy atom. The standard InChI is InChI=1S/C29H30F6N4O3.C5H3ClN2O/c1-15-25(17(3)42-38-15)23-13-36-22(9-18-7-5-4-6-8-18)24(37-23)14-39-16(2)26(41-27(39)40)19-10-20(28(30,31)32)12-21(11-19)29(33,34)35;6-5-4(3-9)7-1-2-8-5/h10-13,16,18,26H,4-9,14H2,1-3H3;1-3H/t16-,26-;/m0./s1. The summed E-state index contributed by atoms with van der Waals surface area (Å²) in [5.74, 6) is 0.921. The Balaban J connectivity index is 0.000000488. The number of hydrogen-bond acceptors (Lipinski definition) is 9. The molecule has 17 heteroatoms. The Morgan fingerprint density at radius 2 is 1.59 bits per heavy atom. The second-order valence-electron chi connectivity index (χ2n) is 12.4. The molecule has 10 nitrogen and oxygen atoms in total. The quantitative estimate of drug-likeness (QED) is 0.135. The van der Waals surface area contributed by atoms with Crippen LogP contribution >= 0.6 is 11.6 Å². The number of carbonyl (C=O) groups excluding carboxylic acids is 2. The van der Waals surface area contributed by atoms with Crippen LogP contribution in [0.15, 0.2) is 41.3 Å². The van der Waals surface area contributed by atoms with Gasteiger partial charge in [-0.2, -0.15) is 26.3 Å². The monoisotopic (exact) mass is 738 g/mol. The molecule has 4 aromatic rings. The van der Waals surface area contributed by atoms with Gasteiger partial charge in [0, 0.05) is 12.4 Å². The van der Waals surface area contributed by atoms with Crippen molar-refractivity contribution in [3.05, 3.63) is 87.2 Å². The number of aryl methyl sites for hydroxylation is 2. The number of rotatable bonds is 7. The van der Waals surface area contributed by atoms with E-state index in [9.17, 15) is 35.9 Å². The summed E-state index contributed by atoms with van der Waals surface area (Å²) >= 11 is 5.42. The fourth-order valence-corrected chi connectivity index (χ4v) is 6.41. The molecule has 1 saturated carbocycles. The van der Waals surface area contributed by atoms with Gasteiger partial charge in [-0.25, -0.2) is 19.7 Å².